The van der Waals surface area contributed by atoms with Crippen LogP contribution in [0.3, 0.4) is 0 Å². The van der Waals surface area contributed by atoms with Crippen LogP contribution in [0.15, 0.2) is 18.2 Å². The number of benzene rings is 1. The number of hydrogen-bond donors (Lipinski definition) is 3. The van der Waals surface area contributed by atoms with Crippen molar-refractivity contribution in [3.8, 4) is 0 Å². The molecule has 0 spiro atoms. The van der Waals surface area contributed by atoms with E-state index in [1.807, 2.05) is 0 Å². The number of aromatic carboxylic acids is 1. The second kappa shape index (κ2) is 4.52. The molecule has 0 aliphatic heterocycles. The minimum atomic E-state index is -0.944. The van der Waals surface area contributed by atoms with Crippen molar-refractivity contribution >= 4 is 17.3 Å². The predicted molar refractivity (Wildman–Crippen MR) is 72.9 cm³/mol. The molecule has 1 atom stereocenters. The number of para-hydroxylation sites is 1. The van der Waals surface area contributed by atoms with E-state index in [0.717, 1.165) is 12.8 Å². The Bertz CT molecular complexity index is 469. The van der Waals surface area contributed by atoms with Gasteiger partial charge in [-0.15, -0.1) is 0 Å². The smallest absolute Gasteiger partial charge is 0.337 e. The Labute approximate surface area is 107 Å². The van der Waals surface area contributed by atoms with Gasteiger partial charge < -0.3 is 16.2 Å². The van der Waals surface area contributed by atoms with Crippen LogP contribution in [0.1, 0.15) is 43.5 Å². The van der Waals surface area contributed by atoms with Crippen LogP contribution in [0, 0.1) is 5.41 Å². The number of nitrogen functional groups attached to an aromatic ring is 1. The average Bonchev–Trinajstić information content (AvgIpc) is 2.60. The van der Waals surface area contributed by atoms with Crippen LogP contribution in [0.25, 0.3) is 0 Å². The third kappa shape index (κ3) is 2.28. The van der Waals surface area contributed by atoms with Crippen molar-refractivity contribution in [3.63, 3.8) is 0 Å². The van der Waals surface area contributed by atoms with Gasteiger partial charge in [0, 0.05) is 6.04 Å². The SMILES string of the molecule is CC1(C)CCCC1Nc1c(N)cccc1C(=O)O. The summed E-state index contributed by atoms with van der Waals surface area (Å²) in [6.07, 6.45) is 3.38. The molecule has 1 aliphatic carbocycles. The van der Waals surface area contributed by atoms with Crippen LogP contribution in [0.2, 0.25) is 0 Å². The Balaban J connectivity index is 2.31. The lowest BCUT2D eigenvalue weighted by molar-refractivity contribution is 0.0698. The van der Waals surface area contributed by atoms with Crippen molar-refractivity contribution in [3.05, 3.63) is 23.8 Å². The maximum atomic E-state index is 11.2. The molecule has 1 fully saturated rings. The molecular weight excluding hydrogens is 228 g/mol. The summed E-state index contributed by atoms with van der Waals surface area (Å²) in [6, 6.07) is 5.27. The Morgan fingerprint density at radius 2 is 2.22 bits per heavy atom. The summed E-state index contributed by atoms with van der Waals surface area (Å²) in [7, 11) is 0. The normalized spacial score (nSPS) is 21.8. The van der Waals surface area contributed by atoms with Crippen molar-refractivity contribution in [2.75, 3.05) is 11.1 Å². The first-order valence-electron chi connectivity index (χ1n) is 6.30. The van der Waals surface area contributed by atoms with Crippen LogP contribution in [0.4, 0.5) is 11.4 Å². The van der Waals surface area contributed by atoms with E-state index in [-0.39, 0.29) is 17.0 Å². The molecule has 0 aromatic heterocycles. The van der Waals surface area contributed by atoms with Gasteiger partial charge >= 0.3 is 5.97 Å². The van der Waals surface area contributed by atoms with Gasteiger partial charge in [0.15, 0.2) is 0 Å². The molecule has 18 heavy (non-hydrogen) atoms. The fourth-order valence-electron chi connectivity index (χ4n) is 2.68. The number of carboxylic acid groups (broad SMARTS) is 1. The van der Waals surface area contributed by atoms with Gasteiger partial charge in [0.25, 0.3) is 0 Å². The molecule has 98 valence electrons. The monoisotopic (exact) mass is 248 g/mol. The van der Waals surface area contributed by atoms with Crippen LogP contribution >= 0.6 is 0 Å². The second-order valence-electron chi connectivity index (χ2n) is 5.65. The van der Waals surface area contributed by atoms with Crippen LogP contribution in [0.5, 0.6) is 0 Å². The summed E-state index contributed by atoms with van der Waals surface area (Å²) >= 11 is 0. The molecule has 1 saturated carbocycles. The zero-order chi connectivity index (χ0) is 13.3. The number of hydrogen-bond acceptors (Lipinski definition) is 3. The van der Waals surface area contributed by atoms with Gasteiger partial charge in [-0.2, -0.15) is 0 Å². The Morgan fingerprint density at radius 3 is 2.78 bits per heavy atom. The third-order valence-electron chi connectivity index (χ3n) is 3.90. The zero-order valence-corrected chi connectivity index (χ0v) is 10.9. The number of carbonyl (C=O) groups is 1. The van der Waals surface area contributed by atoms with Gasteiger partial charge in [0.05, 0.1) is 16.9 Å². The highest BCUT2D eigenvalue weighted by Crippen LogP contribution is 2.40. The van der Waals surface area contributed by atoms with Gasteiger partial charge in [-0.25, -0.2) is 4.79 Å². The highest BCUT2D eigenvalue weighted by Gasteiger charge is 2.35. The van der Waals surface area contributed by atoms with Gasteiger partial charge in [0.1, 0.15) is 0 Å². The van der Waals surface area contributed by atoms with E-state index < -0.39 is 5.97 Å². The summed E-state index contributed by atoms with van der Waals surface area (Å²) in [6.45, 7) is 4.41. The molecule has 0 heterocycles. The topological polar surface area (TPSA) is 75.3 Å². The van der Waals surface area contributed by atoms with Gasteiger partial charge in [-0.3, -0.25) is 0 Å². The maximum Gasteiger partial charge on any atom is 0.337 e. The number of nitrogens with one attached hydrogen (secondary N) is 1. The zero-order valence-electron chi connectivity index (χ0n) is 10.9. The highest BCUT2D eigenvalue weighted by molar-refractivity contribution is 5.97. The van der Waals surface area contributed by atoms with E-state index in [1.54, 1.807) is 18.2 Å². The number of carboxylic acids is 1. The molecule has 1 unspecified atom stereocenters. The van der Waals surface area contributed by atoms with Crippen molar-refractivity contribution in [1.82, 2.24) is 0 Å². The molecule has 0 bridgehead atoms. The molecular formula is C14H20N2O2. The predicted octanol–water partition coefficient (Wildman–Crippen LogP) is 2.96. The minimum absolute atomic E-state index is 0.179. The van der Waals surface area contributed by atoms with Crippen molar-refractivity contribution in [2.24, 2.45) is 5.41 Å². The number of nitrogens with two attached hydrogens (primary N) is 1. The van der Waals surface area contributed by atoms with E-state index in [4.69, 9.17) is 5.73 Å². The van der Waals surface area contributed by atoms with Crippen molar-refractivity contribution in [1.29, 1.82) is 0 Å². The molecule has 0 radical (unpaired) electrons. The fourth-order valence-corrected chi connectivity index (χ4v) is 2.68. The molecule has 0 saturated heterocycles. The standard InChI is InChI=1S/C14H20N2O2/c1-14(2)8-4-7-11(14)16-12-9(13(17)18)5-3-6-10(12)15/h3,5-6,11,16H,4,7-8,15H2,1-2H3,(H,17,18). The fraction of sp³-hybridized carbons (Fsp3) is 0.500. The minimum Gasteiger partial charge on any atom is -0.478 e. The van der Waals surface area contributed by atoms with Crippen LogP contribution in [-0.2, 0) is 0 Å². The summed E-state index contributed by atoms with van der Waals surface area (Å²) < 4.78 is 0. The first kappa shape index (κ1) is 12.7. The molecule has 4 N–H and O–H groups in total. The van der Waals surface area contributed by atoms with Crippen molar-refractivity contribution < 1.29 is 9.90 Å². The molecule has 1 aromatic rings. The highest BCUT2D eigenvalue weighted by atomic mass is 16.4. The molecule has 4 heteroatoms. The largest absolute Gasteiger partial charge is 0.478 e. The lowest BCUT2D eigenvalue weighted by atomic mass is 9.87. The first-order chi connectivity index (χ1) is 8.42. The van der Waals surface area contributed by atoms with Gasteiger partial charge in [-0.05, 0) is 30.4 Å². The Morgan fingerprint density at radius 1 is 1.50 bits per heavy atom. The molecule has 0 amide bonds. The van der Waals surface area contributed by atoms with Crippen LogP contribution in [-0.4, -0.2) is 17.1 Å². The first-order valence-corrected chi connectivity index (χ1v) is 6.30. The summed E-state index contributed by atoms with van der Waals surface area (Å²) in [5.41, 5.74) is 7.38. The van der Waals surface area contributed by atoms with Crippen molar-refractivity contribution in [2.45, 2.75) is 39.2 Å². The molecule has 1 aromatic carbocycles. The second-order valence-corrected chi connectivity index (χ2v) is 5.65. The van der Waals surface area contributed by atoms with E-state index in [1.165, 1.54) is 6.42 Å². The van der Waals surface area contributed by atoms with E-state index in [2.05, 4.69) is 19.2 Å². The maximum absolute atomic E-state index is 11.2. The number of anilines is 2. The van der Waals surface area contributed by atoms with Gasteiger partial charge in [0.2, 0.25) is 0 Å². The lowest BCUT2D eigenvalue weighted by Crippen LogP contribution is -2.31. The molecule has 2 rings (SSSR count). The quantitative estimate of drug-likeness (QED) is 0.719. The molecule has 1 aliphatic rings. The average molecular weight is 248 g/mol. The molecule has 4 nitrogen and oxygen atoms in total. The summed E-state index contributed by atoms with van der Waals surface area (Å²) in [4.78, 5) is 11.2. The summed E-state index contributed by atoms with van der Waals surface area (Å²) in [5.74, 6) is -0.944. The van der Waals surface area contributed by atoms with E-state index >= 15 is 0 Å². The van der Waals surface area contributed by atoms with E-state index in [0.29, 0.717) is 11.4 Å². The number of rotatable bonds is 3. The third-order valence-corrected chi connectivity index (χ3v) is 3.90. The van der Waals surface area contributed by atoms with Crippen LogP contribution < -0.4 is 11.1 Å². The Hall–Kier alpha value is -1.71. The van der Waals surface area contributed by atoms with Gasteiger partial charge in [-0.1, -0.05) is 26.3 Å². The Kier molecular flexibility index (Phi) is 3.20. The lowest BCUT2D eigenvalue weighted by Gasteiger charge is -2.29. The summed E-state index contributed by atoms with van der Waals surface area (Å²) in [5, 5.41) is 12.5. The van der Waals surface area contributed by atoms with E-state index in [9.17, 15) is 9.90 Å².